The summed E-state index contributed by atoms with van der Waals surface area (Å²) in [4.78, 5) is 20.2. The summed E-state index contributed by atoms with van der Waals surface area (Å²) in [6.45, 7) is 4.45. The van der Waals surface area contributed by atoms with Gasteiger partial charge in [-0.25, -0.2) is 4.98 Å². The SMILES string of the molecule is COC(=O)[C@]1(C)CCC[C@@]2(C)c3cc4nc[nH]c4cc3CC[C@@H]12. The van der Waals surface area contributed by atoms with Crippen molar-refractivity contribution in [2.45, 2.75) is 51.4 Å². The molecule has 4 nitrogen and oxygen atoms in total. The first-order valence-electron chi connectivity index (χ1n) is 8.54. The Hall–Kier alpha value is -1.84. The van der Waals surface area contributed by atoms with E-state index >= 15 is 0 Å². The Labute approximate surface area is 136 Å². The highest BCUT2D eigenvalue weighted by Crippen LogP contribution is 2.57. The number of H-pyrrole nitrogens is 1. The molecule has 0 saturated heterocycles. The summed E-state index contributed by atoms with van der Waals surface area (Å²) in [5, 5.41) is 0. The first-order valence-corrected chi connectivity index (χ1v) is 8.54. The van der Waals surface area contributed by atoms with Crippen LogP contribution in [0.5, 0.6) is 0 Å². The molecule has 0 spiro atoms. The number of benzene rings is 1. The molecule has 3 atom stereocenters. The molecular weight excluding hydrogens is 288 g/mol. The van der Waals surface area contributed by atoms with Gasteiger partial charge in [-0.15, -0.1) is 0 Å². The Morgan fingerprint density at radius 2 is 2.17 bits per heavy atom. The average molecular weight is 312 g/mol. The van der Waals surface area contributed by atoms with E-state index in [1.807, 2.05) is 0 Å². The summed E-state index contributed by atoms with van der Waals surface area (Å²) < 4.78 is 5.18. The van der Waals surface area contributed by atoms with E-state index in [9.17, 15) is 4.79 Å². The van der Waals surface area contributed by atoms with Gasteiger partial charge >= 0.3 is 5.97 Å². The van der Waals surface area contributed by atoms with Gasteiger partial charge in [0.1, 0.15) is 0 Å². The second-order valence-corrected chi connectivity index (χ2v) is 7.70. The van der Waals surface area contributed by atoms with Gasteiger partial charge in [-0.3, -0.25) is 4.79 Å². The Kier molecular flexibility index (Phi) is 3.09. The number of aromatic nitrogens is 2. The smallest absolute Gasteiger partial charge is 0.311 e. The summed E-state index contributed by atoms with van der Waals surface area (Å²) in [7, 11) is 1.52. The number of methoxy groups -OCH3 is 1. The van der Waals surface area contributed by atoms with E-state index in [2.05, 4.69) is 35.9 Å². The number of rotatable bonds is 1. The Balaban J connectivity index is 1.87. The van der Waals surface area contributed by atoms with Gasteiger partial charge in [-0.2, -0.15) is 0 Å². The minimum absolute atomic E-state index is 0.0297. The van der Waals surface area contributed by atoms with Crippen molar-refractivity contribution >= 4 is 17.0 Å². The molecule has 2 aliphatic rings. The first-order chi connectivity index (χ1) is 11.0. The van der Waals surface area contributed by atoms with Crippen LogP contribution in [-0.2, 0) is 21.4 Å². The molecule has 0 aliphatic heterocycles. The van der Waals surface area contributed by atoms with Gasteiger partial charge in [0.2, 0.25) is 0 Å². The standard InChI is InChI=1S/C19H24N2O2/c1-18-7-4-8-19(2,17(22)23-3)16(18)6-5-12-9-14-15(10-13(12)18)21-11-20-14/h9-11,16H,4-8H2,1-3H3,(H,20,21)/t16-,18+,19-/m1/s1. The molecular formula is C19H24N2O2. The van der Waals surface area contributed by atoms with E-state index in [0.29, 0.717) is 5.92 Å². The topological polar surface area (TPSA) is 55.0 Å². The molecule has 4 rings (SSSR count). The number of ether oxygens (including phenoxy) is 1. The molecule has 0 amide bonds. The first kappa shape index (κ1) is 14.7. The molecule has 2 aliphatic carbocycles. The number of fused-ring (bicyclic) bond motifs is 4. The van der Waals surface area contributed by atoms with Crippen LogP contribution in [0.1, 0.15) is 50.7 Å². The fourth-order valence-corrected chi connectivity index (χ4v) is 5.38. The van der Waals surface area contributed by atoms with Crippen molar-refractivity contribution in [3.05, 3.63) is 29.6 Å². The summed E-state index contributed by atoms with van der Waals surface area (Å²) in [6.07, 6.45) is 6.96. The molecule has 1 heterocycles. The van der Waals surface area contributed by atoms with E-state index in [1.54, 1.807) is 6.33 Å². The van der Waals surface area contributed by atoms with Crippen molar-refractivity contribution in [3.8, 4) is 0 Å². The zero-order chi connectivity index (χ0) is 16.2. The quantitative estimate of drug-likeness (QED) is 0.816. The lowest BCUT2D eigenvalue weighted by Crippen LogP contribution is -2.52. The van der Waals surface area contributed by atoms with Crippen LogP contribution >= 0.6 is 0 Å². The molecule has 2 aromatic rings. The van der Waals surface area contributed by atoms with Crippen LogP contribution in [0, 0.1) is 11.3 Å². The van der Waals surface area contributed by atoms with Crippen molar-refractivity contribution in [2.75, 3.05) is 7.11 Å². The molecule has 0 bridgehead atoms. The zero-order valence-electron chi connectivity index (χ0n) is 14.1. The lowest BCUT2D eigenvalue weighted by Gasteiger charge is -2.54. The predicted octanol–water partition coefficient (Wildman–Crippen LogP) is 3.75. The van der Waals surface area contributed by atoms with Crippen LogP contribution in [0.15, 0.2) is 18.5 Å². The van der Waals surface area contributed by atoms with Crippen molar-refractivity contribution in [1.29, 1.82) is 0 Å². The lowest BCUT2D eigenvalue weighted by atomic mass is 9.50. The Morgan fingerprint density at radius 3 is 2.96 bits per heavy atom. The molecule has 1 aromatic carbocycles. The summed E-state index contributed by atoms with van der Waals surface area (Å²) in [6, 6.07) is 4.50. The molecule has 122 valence electrons. The number of imidazole rings is 1. The van der Waals surface area contributed by atoms with Crippen LogP contribution in [0.25, 0.3) is 11.0 Å². The molecule has 1 N–H and O–H groups in total. The summed E-state index contributed by atoms with van der Waals surface area (Å²) >= 11 is 0. The molecule has 1 aromatic heterocycles. The predicted molar refractivity (Wildman–Crippen MR) is 89.2 cm³/mol. The molecule has 0 unspecified atom stereocenters. The highest BCUT2D eigenvalue weighted by molar-refractivity contribution is 5.79. The van der Waals surface area contributed by atoms with Crippen LogP contribution in [0.4, 0.5) is 0 Å². The van der Waals surface area contributed by atoms with Crippen LogP contribution in [0.2, 0.25) is 0 Å². The molecule has 1 fully saturated rings. The molecule has 4 heteroatoms. The third-order valence-corrected chi connectivity index (χ3v) is 6.54. The van der Waals surface area contributed by atoms with Crippen molar-refractivity contribution in [1.82, 2.24) is 9.97 Å². The van der Waals surface area contributed by atoms with Gasteiger partial charge < -0.3 is 9.72 Å². The molecule has 0 radical (unpaired) electrons. The van der Waals surface area contributed by atoms with Gasteiger partial charge in [0.15, 0.2) is 0 Å². The number of esters is 1. The van der Waals surface area contributed by atoms with Crippen molar-refractivity contribution < 1.29 is 9.53 Å². The Morgan fingerprint density at radius 1 is 1.35 bits per heavy atom. The second kappa shape index (κ2) is 4.83. The highest BCUT2D eigenvalue weighted by Gasteiger charge is 2.55. The average Bonchev–Trinajstić information content (AvgIpc) is 2.99. The maximum Gasteiger partial charge on any atom is 0.311 e. The van der Waals surface area contributed by atoms with Crippen LogP contribution in [0.3, 0.4) is 0 Å². The zero-order valence-corrected chi connectivity index (χ0v) is 14.1. The minimum Gasteiger partial charge on any atom is -0.469 e. The number of aromatic amines is 1. The molecule has 1 saturated carbocycles. The monoisotopic (exact) mass is 312 g/mol. The number of hydrogen-bond acceptors (Lipinski definition) is 3. The number of carbonyl (C=O) groups is 1. The third-order valence-electron chi connectivity index (χ3n) is 6.54. The van der Waals surface area contributed by atoms with Crippen molar-refractivity contribution in [3.63, 3.8) is 0 Å². The normalized spacial score (nSPS) is 33.1. The van der Waals surface area contributed by atoms with Gasteiger partial charge in [0, 0.05) is 0 Å². The van der Waals surface area contributed by atoms with Gasteiger partial charge in [0.05, 0.1) is 29.9 Å². The van der Waals surface area contributed by atoms with Crippen molar-refractivity contribution in [2.24, 2.45) is 11.3 Å². The third kappa shape index (κ3) is 1.90. The fraction of sp³-hybridized carbons (Fsp3) is 0.579. The second-order valence-electron chi connectivity index (χ2n) is 7.70. The number of nitrogens with one attached hydrogen (secondary N) is 1. The number of aryl methyl sites for hydroxylation is 1. The lowest BCUT2D eigenvalue weighted by molar-refractivity contribution is -0.161. The van der Waals surface area contributed by atoms with Crippen LogP contribution < -0.4 is 0 Å². The summed E-state index contributed by atoms with van der Waals surface area (Å²) in [5.74, 6) is 0.290. The van der Waals surface area contributed by atoms with E-state index in [0.717, 1.165) is 43.1 Å². The highest BCUT2D eigenvalue weighted by atomic mass is 16.5. The molecule has 23 heavy (non-hydrogen) atoms. The van der Waals surface area contributed by atoms with Gasteiger partial charge in [0.25, 0.3) is 0 Å². The van der Waals surface area contributed by atoms with Crippen LogP contribution in [-0.4, -0.2) is 23.0 Å². The minimum atomic E-state index is -0.375. The van der Waals surface area contributed by atoms with E-state index in [-0.39, 0.29) is 16.8 Å². The van der Waals surface area contributed by atoms with E-state index in [4.69, 9.17) is 4.74 Å². The Bertz CT molecular complexity index is 781. The van der Waals surface area contributed by atoms with Gasteiger partial charge in [-0.1, -0.05) is 13.3 Å². The largest absolute Gasteiger partial charge is 0.469 e. The summed E-state index contributed by atoms with van der Waals surface area (Å²) in [5.41, 5.74) is 4.59. The number of hydrogen-bond donors (Lipinski definition) is 1. The maximum absolute atomic E-state index is 12.5. The fourth-order valence-electron chi connectivity index (χ4n) is 5.38. The van der Waals surface area contributed by atoms with E-state index < -0.39 is 0 Å². The number of carbonyl (C=O) groups excluding carboxylic acids is 1. The maximum atomic E-state index is 12.5. The van der Waals surface area contributed by atoms with Gasteiger partial charge in [-0.05, 0) is 67.2 Å². The van der Waals surface area contributed by atoms with E-state index in [1.165, 1.54) is 18.2 Å². The number of nitrogens with zero attached hydrogens (tertiary/aromatic N) is 1.